The van der Waals surface area contributed by atoms with Crippen LogP contribution in [0.25, 0.3) is 0 Å². The zero-order valence-corrected chi connectivity index (χ0v) is 11.7. The number of nitrogens with zero attached hydrogens (tertiary/aromatic N) is 1. The van der Waals surface area contributed by atoms with Gasteiger partial charge in [-0.25, -0.2) is 0 Å². The van der Waals surface area contributed by atoms with Crippen molar-refractivity contribution in [2.45, 2.75) is 20.3 Å². The topological polar surface area (TPSA) is 49.8 Å². The van der Waals surface area contributed by atoms with Crippen molar-refractivity contribution in [3.63, 3.8) is 0 Å². The molecule has 0 aromatic heterocycles. The van der Waals surface area contributed by atoms with Gasteiger partial charge in [-0.2, -0.15) is 0 Å². The lowest BCUT2D eigenvalue weighted by atomic mass is 9.88. The molecule has 2 rings (SSSR count). The maximum Gasteiger partial charge on any atom is 0.257 e. The molecule has 19 heavy (non-hydrogen) atoms. The predicted octanol–water partition coefficient (Wildman–Crippen LogP) is 2.52. The van der Waals surface area contributed by atoms with Crippen LogP contribution in [0.1, 0.15) is 30.6 Å². The molecule has 1 aliphatic rings. The summed E-state index contributed by atoms with van der Waals surface area (Å²) in [6, 6.07) is 5.01. The molecule has 1 amide bonds. The van der Waals surface area contributed by atoms with E-state index in [0.717, 1.165) is 19.5 Å². The molecule has 2 atom stereocenters. The molecule has 0 aliphatic carbocycles. The Morgan fingerprint density at radius 2 is 2.11 bits per heavy atom. The number of hydrogen-bond acceptors (Lipinski definition) is 3. The third-order valence-corrected chi connectivity index (χ3v) is 4.07. The first-order valence-corrected chi connectivity index (χ1v) is 6.69. The lowest BCUT2D eigenvalue weighted by Gasteiger charge is -2.35. The van der Waals surface area contributed by atoms with Crippen molar-refractivity contribution in [1.29, 1.82) is 0 Å². The lowest BCUT2D eigenvalue weighted by Crippen LogP contribution is -2.42. The molecule has 4 heteroatoms. The summed E-state index contributed by atoms with van der Waals surface area (Å²) in [5.74, 6) is 1.29. The number of piperidine rings is 1. The Bertz CT molecular complexity index is 472. The van der Waals surface area contributed by atoms with Crippen LogP contribution in [0.2, 0.25) is 0 Å². The molecule has 1 saturated heterocycles. The minimum Gasteiger partial charge on any atom is -0.504 e. The van der Waals surface area contributed by atoms with E-state index in [1.54, 1.807) is 18.2 Å². The van der Waals surface area contributed by atoms with Crippen molar-refractivity contribution in [2.75, 3.05) is 20.2 Å². The van der Waals surface area contributed by atoms with Crippen molar-refractivity contribution in [1.82, 2.24) is 4.90 Å². The number of phenolic OH excluding ortho intramolecular Hbond substituents is 1. The van der Waals surface area contributed by atoms with Crippen molar-refractivity contribution >= 4 is 5.91 Å². The summed E-state index contributed by atoms with van der Waals surface area (Å²) in [7, 11) is 1.48. The predicted molar refractivity (Wildman–Crippen MR) is 73.5 cm³/mol. The molecule has 0 saturated carbocycles. The van der Waals surface area contributed by atoms with E-state index in [9.17, 15) is 9.90 Å². The van der Waals surface area contributed by atoms with Crippen LogP contribution in [-0.4, -0.2) is 36.1 Å². The standard InChI is InChI=1S/C15H21NO3/c1-10-7-8-16(9-11(10)2)15(18)12-5-4-6-13(19-3)14(12)17/h4-6,10-11,17H,7-9H2,1-3H3. The highest BCUT2D eigenvalue weighted by molar-refractivity contribution is 5.97. The van der Waals surface area contributed by atoms with Crippen molar-refractivity contribution < 1.29 is 14.6 Å². The van der Waals surface area contributed by atoms with E-state index in [2.05, 4.69) is 13.8 Å². The van der Waals surface area contributed by atoms with Gasteiger partial charge >= 0.3 is 0 Å². The van der Waals surface area contributed by atoms with Gasteiger partial charge in [-0.05, 0) is 30.4 Å². The van der Waals surface area contributed by atoms with Crippen LogP contribution in [-0.2, 0) is 0 Å². The van der Waals surface area contributed by atoms with Crippen LogP contribution in [0.4, 0.5) is 0 Å². The maximum absolute atomic E-state index is 12.5. The van der Waals surface area contributed by atoms with Crippen molar-refractivity contribution in [3.8, 4) is 11.5 Å². The monoisotopic (exact) mass is 263 g/mol. The highest BCUT2D eigenvalue weighted by Crippen LogP contribution is 2.31. The smallest absolute Gasteiger partial charge is 0.257 e. The molecule has 1 aromatic rings. The normalized spacial score (nSPS) is 23.2. The number of benzene rings is 1. The highest BCUT2D eigenvalue weighted by Gasteiger charge is 2.28. The van der Waals surface area contributed by atoms with Crippen molar-refractivity contribution in [2.24, 2.45) is 11.8 Å². The van der Waals surface area contributed by atoms with E-state index in [1.807, 2.05) is 4.90 Å². The molecular formula is C15H21NO3. The van der Waals surface area contributed by atoms with Gasteiger partial charge in [-0.3, -0.25) is 4.79 Å². The quantitative estimate of drug-likeness (QED) is 0.892. The van der Waals surface area contributed by atoms with E-state index in [4.69, 9.17) is 4.74 Å². The number of phenols is 1. The molecule has 0 bridgehead atoms. The van der Waals surface area contributed by atoms with E-state index < -0.39 is 0 Å². The number of amides is 1. The maximum atomic E-state index is 12.5. The fourth-order valence-electron chi connectivity index (χ4n) is 2.48. The fraction of sp³-hybridized carbons (Fsp3) is 0.533. The number of hydrogen-bond donors (Lipinski definition) is 1. The summed E-state index contributed by atoms with van der Waals surface area (Å²) in [5.41, 5.74) is 0.320. The van der Waals surface area contributed by atoms with Gasteiger partial charge in [0, 0.05) is 13.1 Å². The average molecular weight is 263 g/mol. The summed E-state index contributed by atoms with van der Waals surface area (Å²) >= 11 is 0. The number of para-hydroxylation sites is 1. The summed E-state index contributed by atoms with van der Waals surface area (Å²) in [6.07, 6.45) is 1.01. The minimum atomic E-state index is -0.116. The second-order valence-electron chi connectivity index (χ2n) is 5.35. The first-order valence-electron chi connectivity index (χ1n) is 6.69. The van der Waals surface area contributed by atoms with Gasteiger partial charge in [-0.1, -0.05) is 19.9 Å². The average Bonchev–Trinajstić information content (AvgIpc) is 2.41. The van der Waals surface area contributed by atoms with Crippen molar-refractivity contribution in [3.05, 3.63) is 23.8 Å². The number of likely N-dealkylation sites (tertiary alicyclic amines) is 1. The molecule has 2 unspecified atom stereocenters. The van der Waals surface area contributed by atoms with Gasteiger partial charge in [0.1, 0.15) is 0 Å². The molecule has 0 radical (unpaired) electrons. The number of carbonyl (C=O) groups excluding carboxylic acids is 1. The fourth-order valence-corrected chi connectivity index (χ4v) is 2.48. The van der Waals surface area contributed by atoms with Gasteiger partial charge in [0.15, 0.2) is 11.5 Å². The van der Waals surface area contributed by atoms with Crippen LogP contribution < -0.4 is 4.74 Å². The molecule has 4 nitrogen and oxygen atoms in total. The second-order valence-corrected chi connectivity index (χ2v) is 5.35. The zero-order chi connectivity index (χ0) is 14.0. The number of ether oxygens (including phenoxy) is 1. The zero-order valence-electron chi connectivity index (χ0n) is 11.7. The third-order valence-electron chi connectivity index (χ3n) is 4.07. The Balaban J connectivity index is 2.20. The number of rotatable bonds is 2. The number of aromatic hydroxyl groups is 1. The van der Waals surface area contributed by atoms with Crippen LogP contribution in [0.5, 0.6) is 11.5 Å². The van der Waals surface area contributed by atoms with Gasteiger partial charge in [0.05, 0.1) is 12.7 Å². The van der Waals surface area contributed by atoms with Gasteiger partial charge < -0.3 is 14.7 Å². The first-order chi connectivity index (χ1) is 9.04. The SMILES string of the molecule is COc1cccc(C(=O)N2CCC(C)C(C)C2)c1O. The molecule has 1 heterocycles. The number of methoxy groups -OCH3 is 1. The van der Waals surface area contributed by atoms with Gasteiger partial charge in [0.2, 0.25) is 0 Å². The lowest BCUT2D eigenvalue weighted by molar-refractivity contribution is 0.0624. The Hall–Kier alpha value is -1.71. The largest absolute Gasteiger partial charge is 0.504 e. The number of carbonyl (C=O) groups is 1. The summed E-state index contributed by atoms with van der Waals surface area (Å²) in [5, 5.41) is 10.0. The van der Waals surface area contributed by atoms with E-state index in [-0.39, 0.29) is 11.7 Å². The van der Waals surface area contributed by atoms with Crippen LogP contribution in [0, 0.1) is 11.8 Å². The van der Waals surface area contributed by atoms with Crippen LogP contribution in [0.3, 0.4) is 0 Å². The van der Waals surface area contributed by atoms with Crippen LogP contribution >= 0.6 is 0 Å². The first kappa shape index (κ1) is 13.7. The Morgan fingerprint density at radius 3 is 2.74 bits per heavy atom. The Labute approximate surface area is 114 Å². The Morgan fingerprint density at radius 1 is 1.37 bits per heavy atom. The van der Waals surface area contributed by atoms with Gasteiger partial charge in [0.25, 0.3) is 5.91 Å². The second kappa shape index (κ2) is 5.51. The summed E-state index contributed by atoms with van der Waals surface area (Å²) in [6.45, 7) is 5.88. The van der Waals surface area contributed by atoms with E-state index in [1.165, 1.54) is 7.11 Å². The molecular weight excluding hydrogens is 242 g/mol. The van der Waals surface area contributed by atoms with Crippen LogP contribution in [0.15, 0.2) is 18.2 Å². The minimum absolute atomic E-state index is 0.0683. The van der Waals surface area contributed by atoms with E-state index in [0.29, 0.717) is 23.1 Å². The molecule has 104 valence electrons. The molecule has 1 N–H and O–H groups in total. The Kier molecular flexibility index (Phi) is 3.98. The molecule has 1 aliphatic heterocycles. The summed E-state index contributed by atoms with van der Waals surface area (Å²) in [4.78, 5) is 14.3. The summed E-state index contributed by atoms with van der Waals surface area (Å²) < 4.78 is 5.04. The molecule has 1 aromatic carbocycles. The van der Waals surface area contributed by atoms with E-state index >= 15 is 0 Å². The highest BCUT2D eigenvalue weighted by atomic mass is 16.5. The molecule has 0 spiro atoms. The molecule has 1 fully saturated rings. The third kappa shape index (κ3) is 2.67. The van der Waals surface area contributed by atoms with Gasteiger partial charge in [-0.15, -0.1) is 0 Å².